The lowest BCUT2D eigenvalue weighted by molar-refractivity contribution is -0.0732. The molecule has 5 rings (SSSR count). The number of H-pyrrole nitrogens is 1. The van der Waals surface area contributed by atoms with Crippen LogP contribution in [-0.4, -0.2) is 112 Å². The Hall–Kier alpha value is -3.37. The van der Waals surface area contributed by atoms with Crippen molar-refractivity contribution < 1.29 is 47.7 Å². The highest BCUT2D eigenvalue weighted by Gasteiger charge is 2.51. The van der Waals surface area contributed by atoms with Crippen molar-refractivity contribution in [3.63, 3.8) is 0 Å². The van der Waals surface area contributed by atoms with Crippen LogP contribution in [0.2, 0.25) is 0 Å². The summed E-state index contributed by atoms with van der Waals surface area (Å²) in [5.41, 5.74) is 9.73. The molecule has 0 radical (unpaired) electrons. The summed E-state index contributed by atoms with van der Waals surface area (Å²) >= 11 is 0. The molecule has 2 aliphatic rings. The second-order valence-corrected chi connectivity index (χ2v) is 11.1. The van der Waals surface area contributed by atoms with Crippen molar-refractivity contribution in [3.8, 4) is 0 Å². The summed E-state index contributed by atoms with van der Waals surface area (Å²) in [5, 5.41) is 20.9. The number of hydrogen-bond acceptors (Lipinski definition) is 17. The van der Waals surface area contributed by atoms with E-state index in [0.29, 0.717) is 0 Å². The first-order valence-corrected chi connectivity index (χ1v) is 14.9. The Balaban J connectivity index is 1.32. The summed E-state index contributed by atoms with van der Waals surface area (Å²) in [6, 6.07) is 0. The fourth-order valence-corrected chi connectivity index (χ4v) is 6.00. The molecular formula is C22H32N9O12P. The second kappa shape index (κ2) is 12.9. The van der Waals surface area contributed by atoms with Crippen LogP contribution in [0.5, 0.6) is 0 Å². The number of aliphatic hydroxyl groups is 2. The number of nitrogens with two attached hydrogens (primary N) is 2. The largest absolute Gasteiger partial charge is 0.472 e. The average Bonchev–Trinajstić information content (AvgIpc) is 3.62. The van der Waals surface area contributed by atoms with Crippen molar-refractivity contribution in [1.29, 1.82) is 0 Å². The van der Waals surface area contributed by atoms with Gasteiger partial charge in [-0.05, 0) is 13.8 Å². The molecule has 0 aromatic carbocycles. The van der Waals surface area contributed by atoms with Crippen LogP contribution in [0.15, 0.2) is 22.2 Å². The monoisotopic (exact) mass is 645 g/mol. The number of aliphatic hydroxyl groups excluding tert-OH is 2. The first-order chi connectivity index (χ1) is 21.0. The van der Waals surface area contributed by atoms with Crippen LogP contribution >= 0.6 is 7.82 Å². The van der Waals surface area contributed by atoms with Crippen molar-refractivity contribution in [1.82, 2.24) is 34.1 Å². The average molecular weight is 646 g/mol. The molecule has 2 fully saturated rings. The number of nitrogen functional groups attached to an aromatic ring is 2. The van der Waals surface area contributed by atoms with Gasteiger partial charge in [0.2, 0.25) is 11.9 Å². The van der Waals surface area contributed by atoms with Gasteiger partial charge >= 0.3 is 13.5 Å². The Kier molecular flexibility index (Phi) is 9.41. The molecule has 44 heavy (non-hydrogen) atoms. The molecule has 2 saturated heterocycles. The lowest BCUT2D eigenvalue weighted by atomic mass is 10.1. The number of nitrogens with one attached hydrogen (secondary N) is 1. The van der Waals surface area contributed by atoms with Gasteiger partial charge in [-0.2, -0.15) is 9.97 Å². The number of imidazole rings is 1. The third-order valence-electron chi connectivity index (χ3n) is 6.90. The Morgan fingerprint density at radius 2 is 1.66 bits per heavy atom. The first-order valence-electron chi connectivity index (χ1n) is 13.4. The summed E-state index contributed by atoms with van der Waals surface area (Å²) in [5.74, 6) is -0.454. The predicted octanol–water partition coefficient (Wildman–Crippen LogP) is -2.60. The number of nitrogens with zero attached hydrogens (tertiary/aromatic N) is 6. The lowest BCUT2D eigenvalue weighted by Crippen LogP contribution is -2.40. The molecule has 0 aliphatic carbocycles. The molecule has 3 aromatic rings. The number of aromatic amines is 1. The van der Waals surface area contributed by atoms with Gasteiger partial charge in [0.25, 0.3) is 5.56 Å². The first kappa shape index (κ1) is 32.0. The zero-order valence-corrected chi connectivity index (χ0v) is 24.3. The fraction of sp³-hybridized carbons (Fsp3) is 0.636. The summed E-state index contributed by atoms with van der Waals surface area (Å²) in [6.07, 6.45) is -7.49. The topological polar surface area (TPSA) is 297 Å². The number of phosphoric acid groups is 1. The van der Waals surface area contributed by atoms with Crippen LogP contribution in [0.3, 0.4) is 0 Å². The number of rotatable bonds is 12. The van der Waals surface area contributed by atoms with Gasteiger partial charge in [0.1, 0.15) is 43.0 Å². The predicted molar refractivity (Wildman–Crippen MR) is 146 cm³/mol. The van der Waals surface area contributed by atoms with E-state index in [0.717, 1.165) is 10.9 Å². The second-order valence-electron chi connectivity index (χ2n) is 9.66. The molecule has 242 valence electrons. The molecular weight excluding hydrogens is 613 g/mol. The van der Waals surface area contributed by atoms with Crippen molar-refractivity contribution in [2.24, 2.45) is 0 Å². The number of phosphoric ester groups is 1. The van der Waals surface area contributed by atoms with E-state index in [-0.39, 0.29) is 36.3 Å². The number of hydrogen-bond donors (Lipinski definition) is 6. The van der Waals surface area contributed by atoms with Gasteiger partial charge < -0.3 is 45.5 Å². The van der Waals surface area contributed by atoms with Gasteiger partial charge in [-0.3, -0.25) is 28.0 Å². The van der Waals surface area contributed by atoms with E-state index >= 15 is 0 Å². The highest BCUT2D eigenvalue weighted by Crippen LogP contribution is 2.49. The van der Waals surface area contributed by atoms with Gasteiger partial charge in [0, 0.05) is 13.2 Å². The van der Waals surface area contributed by atoms with Crippen molar-refractivity contribution >= 4 is 30.9 Å². The standard InChI is InChI=1S/C22H32N9O12P/c1-3-38-14-12(33)10(42-18(14)30-7-25-11-16(30)27-21(24)28-17(11)34)6-40-44(36,37)43-13-9(5-32)41-19(15(13)39-4-2)31-8-26-20(23)29-22(31)35/h7-10,12-15,18-19,32-33H,3-6H2,1-2H3,(H,36,37)(H2,23,29,35)(H3,24,27,28,34)/t9-,10-,12?,13+,14?,15?,18-,19-/m1/s1. The zero-order valence-electron chi connectivity index (χ0n) is 23.4. The van der Waals surface area contributed by atoms with Crippen molar-refractivity contribution in [3.05, 3.63) is 33.5 Å². The van der Waals surface area contributed by atoms with Crippen LogP contribution < -0.4 is 22.7 Å². The Bertz CT molecular complexity index is 1630. The van der Waals surface area contributed by atoms with Crippen LogP contribution in [0.4, 0.5) is 11.9 Å². The smallest absolute Gasteiger partial charge is 0.394 e. The van der Waals surface area contributed by atoms with Crippen LogP contribution in [0.1, 0.15) is 26.3 Å². The summed E-state index contributed by atoms with van der Waals surface area (Å²) in [6.45, 7) is 2.20. The molecule has 5 heterocycles. The van der Waals surface area contributed by atoms with Gasteiger partial charge in [-0.25, -0.2) is 19.3 Å². The van der Waals surface area contributed by atoms with E-state index in [1.807, 2.05) is 0 Å². The van der Waals surface area contributed by atoms with E-state index in [1.165, 1.54) is 10.9 Å². The van der Waals surface area contributed by atoms with Crippen molar-refractivity contribution in [2.75, 3.05) is 37.9 Å². The fourth-order valence-electron chi connectivity index (χ4n) is 5.04. The maximum Gasteiger partial charge on any atom is 0.472 e. The maximum absolute atomic E-state index is 13.1. The van der Waals surface area contributed by atoms with Crippen molar-refractivity contribution in [2.45, 2.75) is 62.9 Å². The van der Waals surface area contributed by atoms with Crippen LogP contribution in [0, 0.1) is 0 Å². The molecule has 21 nitrogen and oxygen atoms in total. The molecule has 8 N–H and O–H groups in total. The normalized spacial score (nSPS) is 30.2. The quantitative estimate of drug-likeness (QED) is 0.110. The van der Waals surface area contributed by atoms with Gasteiger partial charge in [-0.15, -0.1) is 0 Å². The number of aromatic nitrogens is 7. The lowest BCUT2D eigenvalue weighted by Gasteiger charge is -2.26. The van der Waals surface area contributed by atoms with Gasteiger partial charge in [0.05, 0.1) is 19.5 Å². The minimum atomic E-state index is -4.97. The molecule has 9 atom stereocenters. The highest BCUT2D eigenvalue weighted by molar-refractivity contribution is 7.47. The minimum absolute atomic E-state index is 0.0346. The van der Waals surface area contributed by atoms with E-state index in [2.05, 4.69) is 24.9 Å². The molecule has 2 aliphatic heterocycles. The van der Waals surface area contributed by atoms with E-state index in [1.54, 1.807) is 13.8 Å². The Morgan fingerprint density at radius 1 is 1.00 bits per heavy atom. The maximum atomic E-state index is 13.1. The summed E-state index contributed by atoms with van der Waals surface area (Å²) in [7, 11) is -4.97. The van der Waals surface area contributed by atoms with E-state index in [4.69, 9.17) is 39.5 Å². The van der Waals surface area contributed by atoms with Gasteiger partial charge in [0.15, 0.2) is 23.6 Å². The highest BCUT2D eigenvalue weighted by atomic mass is 31.2. The summed E-state index contributed by atoms with van der Waals surface area (Å²) < 4.78 is 49.0. The number of anilines is 2. The third kappa shape index (κ3) is 6.24. The summed E-state index contributed by atoms with van der Waals surface area (Å²) in [4.78, 5) is 53.1. The van der Waals surface area contributed by atoms with E-state index in [9.17, 15) is 29.3 Å². The van der Waals surface area contributed by atoms with Crippen LogP contribution in [-0.2, 0) is 32.6 Å². The molecule has 4 unspecified atom stereocenters. The van der Waals surface area contributed by atoms with Crippen LogP contribution in [0.25, 0.3) is 11.2 Å². The molecule has 0 amide bonds. The SMILES string of the molecule is CCOC1[C@@H](OP(=O)(O)OC[C@H]2O[C@@H](n3cnc4c(=O)[nH]c(N)nc43)C(OCC)C2O)[C@@H](CO)O[C@H]1n1cnc(N)nc1=O. The third-order valence-corrected chi connectivity index (χ3v) is 7.88. The zero-order chi connectivity index (χ0) is 31.8. The molecule has 0 saturated carbocycles. The molecule has 22 heteroatoms. The Morgan fingerprint density at radius 3 is 2.34 bits per heavy atom. The Labute approximate surface area is 247 Å². The number of ether oxygens (including phenoxy) is 4. The molecule has 0 bridgehead atoms. The molecule has 0 spiro atoms. The number of fused-ring (bicyclic) bond motifs is 1. The van der Waals surface area contributed by atoms with E-state index < -0.39 is 81.4 Å². The van der Waals surface area contributed by atoms with Gasteiger partial charge in [-0.1, -0.05) is 0 Å². The molecule has 3 aromatic heterocycles. The minimum Gasteiger partial charge on any atom is -0.394 e.